The van der Waals surface area contributed by atoms with Gasteiger partial charge in [-0.15, -0.1) is 5.10 Å². The van der Waals surface area contributed by atoms with E-state index >= 15 is 0 Å². The first-order valence-corrected chi connectivity index (χ1v) is 16.6. The van der Waals surface area contributed by atoms with E-state index in [0.717, 1.165) is 97.6 Å². The van der Waals surface area contributed by atoms with Gasteiger partial charge < -0.3 is 20.9 Å². The molecule has 9 rings (SSSR count). The number of nitrogen functional groups attached to an aromatic ring is 1. The van der Waals surface area contributed by atoms with Crippen molar-refractivity contribution in [1.82, 2.24) is 44.4 Å². The predicted octanol–water partition coefficient (Wildman–Crippen LogP) is 4.44. The third-order valence-corrected chi connectivity index (χ3v) is 9.98. The van der Waals surface area contributed by atoms with Crippen LogP contribution in [0.4, 0.5) is 17.5 Å². The van der Waals surface area contributed by atoms with Crippen LogP contribution < -0.4 is 20.9 Å². The third kappa shape index (κ3) is 4.99. The van der Waals surface area contributed by atoms with E-state index in [1.54, 1.807) is 6.20 Å². The van der Waals surface area contributed by atoms with Crippen LogP contribution in [-0.2, 0) is 13.5 Å². The molecule has 47 heavy (non-hydrogen) atoms. The Morgan fingerprint density at radius 3 is 2.45 bits per heavy atom. The van der Waals surface area contributed by atoms with Crippen LogP contribution in [0.25, 0.3) is 34.1 Å². The van der Waals surface area contributed by atoms with Crippen molar-refractivity contribution in [3.05, 3.63) is 84.3 Å². The molecule has 3 N–H and O–H groups in total. The van der Waals surface area contributed by atoms with E-state index in [-0.39, 0.29) is 0 Å². The number of nitrogens with zero attached hydrogens (tertiary/aromatic N) is 10. The van der Waals surface area contributed by atoms with E-state index in [1.807, 2.05) is 53.1 Å². The zero-order valence-electron chi connectivity index (χ0n) is 26.5. The Bertz CT molecular complexity index is 2080. The van der Waals surface area contributed by atoms with Gasteiger partial charge in [0, 0.05) is 81.7 Å². The molecule has 12 heteroatoms. The van der Waals surface area contributed by atoms with Gasteiger partial charge in [0.25, 0.3) is 0 Å². The van der Waals surface area contributed by atoms with E-state index in [1.165, 1.54) is 17.5 Å². The van der Waals surface area contributed by atoms with Crippen molar-refractivity contribution in [3.63, 3.8) is 0 Å². The highest BCUT2D eigenvalue weighted by atomic mass is 15.4. The quantitative estimate of drug-likeness (QED) is 0.265. The number of anilines is 3. The summed E-state index contributed by atoms with van der Waals surface area (Å²) in [6.07, 6.45) is 11.3. The zero-order valence-corrected chi connectivity index (χ0v) is 26.5. The second-order valence-corrected chi connectivity index (χ2v) is 12.9. The van der Waals surface area contributed by atoms with Crippen LogP contribution in [0.3, 0.4) is 0 Å². The lowest BCUT2D eigenvalue weighted by molar-refractivity contribution is 0.367. The topological polar surface area (TPSA) is 124 Å². The fourth-order valence-corrected chi connectivity index (χ4v) is 7.31. The Balaban J connectivity index is 1.03. The Hall–Kier alpha value is -5.23. The van der Waals surface area contributed by atoms with Crippen molar-refractivity contribution in [2.24, 2.45) is 7.05 Å². The molecule has 0 unspecified atom stereocenters. The van der Waals surface area contributed by atoms with Crippen molar-refractivity contribution in [3.8, 4) is 22.9 Å². The molecule has 6 aromatic rings. The van der Waals surface area contributed by atoms with Gasteiger partial charge in [0.2, 0.25) is 0 Å². The summed E-state index contributed by atoms with van der Waals surface area (Å²) >= 11 is 0. The summed E-state index contributed by atoms with van der Waals surface area (Å²) in [7, 11) is 1.98. The Morgan fingerprint density at radius 2 is 1.66 bits per heavy atom. The number of imidazole rings is 1. The van der Waals surface area contributed by atoms with Gasteiger partial charge in [-0.25, -0.2) is 19.6 Å². The molecular weight excluding hydrogens is 588 g/mol. The molecule has 2 saturated heterocycles. The molecule has 238 valence electrons. The number of fused-ring (bicyclic) bond motifs is 2. The van der Waals surface area contributed by atoms with E-state index < -0.39 is 0 Å². The van der Waals surface area contributed by atoms with Crippen LogP contribution in [-0.4, -0.2) is 71.3 Å². The third-order valence-electron chi connectivity index (χ3n) is 9.98. The average Bonchev–Trinajstić information content (AvgIpc) is 3.87. The van der Waals surface area contributed by atoms with Gasteiger partial charge in [0.1, 0.15) is 11.3 Å². The van der Waals surface area contributed by atoms with Gasteiger partial charge in [-0.2, -0.15) is 5.10 Å². The lowest BCUT2D eigenvalue weighted by atomic mass is 10.0. The fourth-order valence-electron chi connectivity index (χ4n) is 7.31. The molecule has 7 heterocycles. The largest absolute Gasteiger partial charge is 0.383 e. The minimum Gasteiger partial charge on any atom is -0.383 e. The lowest BCUT2D eigenvalue weighted by Crippen LogP contribution is -2.43. The molecule has 1 aromatic carbocycles. The monoisotopic (exact) mass is 626 g/mol. The summed E-state index contributed by atoms with van der Waals surface area (Å²) in [5, 5.41) is 13.4. The second kappa shape index (κ2) is 11.2. The maximum Gasteiger partial charge on any atom is 0.167 e. The molecule has 0 saturated carbocycles. The molecule has 2 fully saturated rings. The molecule has 0 amide bonds. The Kier molecular flexibility index (Phi) is 6.70. The van der Waals surface area contributed by atoms with Gasteiger partial charge in [-0.3, -0.25) is 9.25 Å². The zero-order chi connectivity index (χ0) is 31.5. The maximum absolute atomic E-state index is 6.41. The van der Waals surface area contributed by atoms with Crippen LogP contribution in [0, 0.1) is 0 Å². The standard InChI is InChI=1S/C35H38N12/c1-43-18-13-31(41-43)45-19-11-24(12-20-45)38-28-8-5-23-22-25(6-7-26(23)28)47-34(27-4-2-15-37-33(27)36)39-29-9-10-30(40-35(29)47)46-21-14-32(42-46)44-16-3-17-44/h2,4,6-7,9-10,13-15,18,21-22,24,28,38H,3,5,8,11-12,16-17,19-20H2,1H3,(H2,36,37)/t28-/m0/s1. The summed E-state index contributed by atoms with van der Waals surface area (Å²) in [5.41, 5.74) is 12.5. The molecular formula is C35H38N12. The van der Waals surface area contributed by atoms with Gasteiger partial charge in [-0.05, 0) is 79.6 Å². The number of nitrogens with two attached hydrogens (primary N) is 1. The highest BCUT2D eigenvalue weighted by molar-refractivity contribution is 5.83. The van der Waals surface area contributed by atoms with Crippen molar-refractivity contribution in [2.75, 3.05) is 41.7 Å². The smallest absolute Gasteiger partial charge is 0.167 e. The Labute approximate surface area is 272 Å². The summed E-state index contributed by atoms with van der Waals surface area (Å²) in [4.78, 5) is 19.2. The highest BCUT2D eigenvalue weighted by Gasteiger charge is 2.29. The van der Waals surface area contributed by atoms with Gasteiger partial charge in [0.05, 0.1) is 5.56 Å². The van der Waals surface area contributed by atoms with E-state index in [0.29, 0.717) is 17.9 Å². The Morgan fingerprint density at radius 1 is 0.830 bits per heavy atom. The van der Waals surface area contributed by atoms with Crippen LogP contribution >= 0.6 is 0 Å². The number of aromatic nitrogens is 8. The van der Waals surface area contributed by atoms with Crippen molar-refractivity contribution in [2.45, 2.75) is 44.2 Å². The van der Waals surface area contributed by atoms with Crippen LogP contribution in [0.5, 0.6) is 0 Å². The van der Waals surface area contributed by atoms with Crippen LogP contribution in [0.2, 0.25) is 0 Å². The summed E-state index contributed by atoms with van der Waals surface area (Å²) in [6, 6.07) is 19.7. The number of pyridine rings is 2. The van der Waals surface area contributed by atoms with Gasteiger partial charge in [0.15, 0.2) is 28.9 Å². The molecule has 0 bridgehead atoms. The first kappa shape index (κ1) is 28.0. The maximum atomic E-state index is 6.41. The molecule has 5 aromatic heterocycles. The van der Waals surface area contributed by atoms with Gasteiger partial charge >= 0.3 is 0 Å². The minimum atomic E-state index is 0.351. The predicted molar refractivity (Wildman–Crippen MR) is 183 cm³/mol. The minimum absolute atomic E-state index is 0.351. The van der Waals surface area contributed by atoms with E-state index in [2.05, 4.69) is 60.1 Å². The molecule has 1 atom stereocenters. The number of benzene rings is 1. The summed E-state index contributed by atoms with van der Waals surface area (Å²) < 4.78 is 5.85. The number of aryl methyl sites for hydroxylation is 2. The SMILES string of the molecule is Cn1ccc(N2CCC(N[C@H]3CCc4cc(-n5c(-c6cccnc6N)nc6ccc(-n7ccc(N8CCC8)n7)nc65)ccc43)CC2)n1. The summed E-state index contributed by atoms with van der Waals surface area (Å²) in [6.45, 7) is 4.14. The van der Waals surface area contributed by atoms with E-state index in [9.17, 15) is 0 Å². The van der Waals surface area contributed by atoms with Crippen molar-refractivity contribution >= 4 is 28.6 Å². The molecule has 3 aliphatic rings. The number of rotatable bonds is 7. The number of nitrogens with one attached hydrogen (secondary N) is 1. The highest BCUT2D eigenvalue weighted by Crippen LogP contribution is 2.37. The number of hydrogen-bond acceptors (Lipinski definition) is 9. The molecule has 0 spiro atoms. The second-order valence-electron chi connectivity index (χ2n) is 12.9. The number of hydrogen-bond donors (Lipinski definition) is 2. The van der Waals surface area contributed by atoms with Crippen molar-refractivity contribution in [1.29, 1.82) is 0 Å². The van der Waals surface area contributed by atoms with E-state index in [4.69, 9.17) is 20.8 Å². The fraction of sp³-hybridized carbons (Fsp3) is 0.343. The normalized spacial score (nSPS) is 18.2. The first-order valence-electron chi connectivity index (χ1n) is 16.6. The van der Waals surface area contributed by atoms with Crippen LogP contribution in [0.15, 0.2) is 73.2 Å². The average molecular weight is 627 g/mol. The van der Waals surface area contributed by atoms with Crippen LogP contribution in [0.1, 0.15) is 42.9 Å². The molecule has 12 nitrogen and oxygen atoms in total. The van der Waals surface area contributed by atoms with Gasteiger partial charge in [-0.1, -0.05) is 6.07 Å². The molecule has 2 aliphatic heterocycles. The molecule has 0 radical (unpaired) electrons. The number of piperidine rings is 1. The first-order chi connectivity index (χ1) is 23.1. The summed E-state index contributed by atoms with van der Waals surface area (Å²) in [5.74, 6) is 3.97. The molecule has 1 aliphatic carbocycles. The van der Waals surface area contributed by atoms with Crippen molar-refractivity contribution < 1.29 is 0 Å². The lowest BCUT2D eigenvalue weighted by Gasteiger charge is -2.34.